The average molecular weight is 418 g/mol. The zero-order valence-electron chi connectivity index (χ0n) is 13.7. The van der Waals surface area contributed by atoms with Gasteiger partial charge in [0.2, 0.25) is 0 Å². The smallest absolute Gasteiger partial charge is 0.340 e. The average Bonchev–Trinajstić information content (AvgIpc) is 3.05. The number of sulfone groups is 1. The Kier molecular flexibility index (Phi) is 4.76. The van der Waals surface area contributed by atoms with E-state index in [1.807, 2.05) is 0 Å². The minimum Gasteiger partial charge on any atom is -0.465 e. The number of benzene rings is 1. The molecule has 1 aromatic carbocycles. The number of aromatic nitrogens is 1. The van der Waals surface area contributed by atoms with E-state index in [9.17, 15) is 18.0 Å². The summed E-state index contributed by atoms with van der Waals surface area (Å²) in [5.74, 6) is -2.37. The lowest BCUT2D eigenvalue weighted by Gasteiger charge is -2.10. The molecule has 2 aromatic rings. The highest BCUT2D eigenvalue weighted by Gasteiger charge is 2.39. The quantitative estimate of drug-likeness (QED) is 0.712. The molecule has 0 N–H and O–H groups in total. The molecule has 0 fully saturated rings. The lowest BCUT2D eigenvalue weighted by Crippen LogP contribution is -2.13. The van der Waals surface area contributed by atoms with Crippen LogP contribution in [0.5, 0.6) is 0 Å². The fraction of sp³-hybridized carbons (Fsp3) is 0.250. The molecule has 2 heterocycles. The molecule has 1 aliphatic rings. The van der Waals surface area contributed by atoms with Crippen LogP contribution >= 0.6 is 23.2 Å². The Hall–Kier alpha value is -2.03. The number of esters is 2. The number of hydrogen-bond acceptors (Lipinski definition) is 6. The lowest BCUT2D eigenvalue weighted by molar-refractivity contribution is 0.0556. The van der Waals surface area contributed by atoms with Crippen LogP contribution in [-0.2, 0) is 30.9 Å². The van der Waals surface area contributed by atoms with E-state index in [1.54, 1.807) is 6.07 Å². The molecule has 138 valence electrons. The van der Waals surface area contributed by atoms with Crippen LogP contribution in [0.4, 0.5) is 0 Å². The predicted octanol–water partition coefficient (Wildman–Crippen LogP) is 2.92. The molecule has 0 atom stereocenters. The Labute approximate surface area is 159 Å². The Morgan fingerprint density at radius 3 is 2.23 bits per heavy atom. The monoisotopic (exact) mass is 417 g/mol. The molecular weight excluding hydrogens is 405 g/mol. The van der Waals surface area contributed by atoms with Crippen LogP contribution in [0.1, 0.15) is 26.4 Å². The van der Waals surface area contributed by atoms with E-state index >= 15 is 0 Å². The van der Waals surface area contributed by atoms with Gasteiger partial charge < -0.3 is 14.0 Å². The molecule has 1 aliphatic heterocycles. The maximum absolute atomic E-state index is 12.4. The van der Waals surface area contributed by atoms with Crippen molar-refractivity contribution in [2.24, 2.45) is 0 Å². The summed E-state index contributed by atoms with van der Waals surface area (Å²) in [6, 6.07) is 4.59. The van der Waals surface area contributed by atoms with Gasteiger partial charge in [-0.05, 0) is 12.1 Å². The molecule has 0 unspecified atom stereocenters. The van der Waals surface area contributed by atoms with E-state index in [2.05, 4.69) is 0 Å². The zero-order valence-corrected chi connectivity index (χ0v) is 16.0. The molecule has 1 aromatic heterocycles. The highest BCUT2D eigenvalue weighted by Crippen LogP contribution is 2.39. The van der Waals surface area contributed by atoms with Gasteiger partial charge in [0.25, 0.3) is 0 Å². The largest absolute Gasteiger partial charge is 0.465 e. The van der Waals surface area contributed by atoms with E-state index in [0.717, 1.165) is 7.11 Å². The summed E-state index contributed by atoms with van der Waals surface area (Å²) in [4.78, 5) is 24.7. The van der Waals surface area contributed by atoms with Crippen molar-refractivity contribution >= 4 is 45.0 Å². The van der Waals surface area contributed by atoms with Crippen LogP contribution < -0.4 is 0 Å². The molecule has 0 amide bonds. The summed E-state index contributed by atoms with van der Waals surface area (Å²) in [7, 11) is -1.16. The fourth-order valence-electron chi connectivity index (χ4n) is 2.98. The van der Waals surface area contributed by atoms with E-state index in [4.69, 9.17) is 32.7 Å². The number of methoxy groups -OCH3 is 2. The van der Waals surface area contributed by atoms with Gasteiger partial charge in [-0.15, -0.1) is 0 Å². The number of ether oxygens (including phenoxy) is 2. The predicted molar refractivity (Wildman–Crippen MR) is 95.2 cm³/mol. The molecule has 0 aliphatic carbocycles. The minimum atomic E-state index is -3.48. The van der Waals surface area contributed by atoms with Gasteiger partial charge in [0, 0.05) is 11.3 Å². The molecule has 26 heavy (non-hydrogen) atoms. The number of hydrogen-bond donors (Lipinski definition) is 0. The van der Waals surface area contributed by atoms with E-state index in [0.29, 0.717) is 10.6 Å². The van der Waals surface area contributed by atoms with Gasteiger partial charge in [-0.25, -0.2) is 18.0 Å². The highest BCUT2D eigenvalue weighted by atomic mass is 35.5. The van der Waals surface area contributed by atoms with Crippen LogP contribution in [-0.4, -0.2) is 39.1 Å². The van der Waals surface area contributed by atoms with Crippen molar-refractivity contribution in [3.8, 4) is 11.3 Å². The highest BCUT2D eigenvalue weighted by molar-refractivity contribution is 7.89. The molecule has 0 saturated heterocycles. The van der Waals surface area contributed by atoms with Gasteiger partial charge in [-0.3, -0.25) is 0 Å². The van der Waals surface area contributed by atoms with Crippen molar-refractivity contribution in [1.29, 1.82) is 0 Å². The van der Waals surface area contributed by atoms with Crippen molar-refractivity contribution in [2.75, 3.05) is 14.2 Å². The zero-order chi connectivity index (χ0) is 19.2. The SMILES string of the molecule is COC(=O)c1c(C(=O)OC)c(-c2ccc(Cl)c(Cl)c2)n2c1CS(=O)(=O)C2. The molecule has 0 bridgehead atoms. The summed E-state index contributed by atoms with van der Waals surface area (Å²) in [6.07, 6.45) is 0. The number of nitrogens with zero attached hydrogens (tertiary/aromatic N) is 1. The van der Waals surface area contributed by atoms with Gasteiger partial charge in [0.15, 0.2) is 9.84 Å². The second-order valence-electron chi connectivity index (χ2n) is 5.60. The van der Waals surface area contributed by atoms with Crippen molar-refractivity contribution in [3.63, 3.8) is 0 Å². The first kappa shape index (κ1) is 18.8. The molecule has 0 radical (unpaired) electrons. The normalized spacial score (nSPS) is 14.8. The third kappa shape index (κ3) is 2.98. The number of rotatable bonds is 3. The van der Waals surface area contributed by atoms with E-state index in [1.165, 1.54) is 23.8 Å². The first-order valence-electron chi connectivity index (χ1n) is 7.28. The number of carbonyl (C=O) groups is 2. The Bertz CT molecular complexity index is 1040. The lowest BCUT2D eigenvalue weighted by atomic mass is 10.0. The van der Waals surface area contributed by atoms with E-state index in [-0.39, 0.29) is 39.2 Å². The Morgan fingerprint density at radius 2 is 1.65 bits per heavy atom. The fourth-order valence-corrected chi connectivity index (χ4v) is 4.76. The molecule has 10 heteroatoms. The summed E-state index contributed by atoms with van der Waals surface area (Å²) >= 11 is 12.0. The third-order valence-electron chi connectivity index (χ3n) is 4.03. The van der Waals surface area contributed by atoms with Gasteiger partial charge in [-0.2, -0.15) is 0 Å². The molecular formula is C16H13Cl2NO6S. The topological polar surface area (TPSA) is 91.7 Å². The maximum atomic E-state index is 12.4. The van der Waals surface area contributed by atoms with E-state index < -0.39 is 21.8 Å². The van der Waals surface area contributed by atoms with Crippen molar-refractivity contribution in [1.82, 2.24) is 4.57 Å². The van der Waals surface area contributed by atoms with Crippen LogP contribution in [0.25, 0.3) is 11.3 Å². The Balaban J connectivity index is 2.40. The number of carbonyl (C=O) groups excluding carboxylic acids is 2. The minimum absolute atomic E-state index is 0.0670. The van der Waals surface area contributed by atoms with Gasteiger partial charge in [-0.1, -0.05) is 29.3 Å². The van der Waals surface area contributed by atoms with Crippen molar-refractivity contribution < 1.29 is 27.5 Å². The first-order valence-corrected chi connectivity index (χ1v) is 9.85. The van der Waals surface area contributed by atoms with Crippen LogP contribution in [0.3, 0.4) is 0 Å². The van der Waals surface area contributed by atoms with Gasteiger partial charge in [0.05, 0.1) is 41.3 Å². The second kappa shape index (κ2) is 6.61. The van der Waals surface area contributed by atoms with Gasteiger partial charge in [0.1, 0.15) is 11.4 Å². The third-order valence-corrected chi connectivity index (χ3v) is 6.13. The van der Waals surface area contributed by atoms with Crippen LogP contribution in [0.2, 0.25) is 10.0 Å². The summed E-state index contributed by atoms with van der Waals surface area (Å²) in [5, 5.41) is 0.514. The summed E-state index contributed by atoms with van der Waals surface area (Å²) in [6.45, 7) is 0. The van der Waals surface area contributed by atoms with Crippen molar-refractivity contribution in [2.45, 2.75) is 11.6 Å². The molecule has 0 spiro atoms. The summed E-state index contributed by atoms with van der Waals surface area (Å²) in [5.41, 5.74) is 0.627. The maximum Gasteiger partial charge on any atom is 0.340 e. The standard InChI is InChI=1S/C16H13Cl2NO6S/c1-24-15(20)12-11-6-26(22,23)7-19(11)14(13(12)16(21)25-2)8-3-4-9(17)10(18)5-8/h3-5H,6-7H2,1-2H3. The van der Waals surface area contributed by atoms with Crippen molar-refractivity contribution in [3.05, 3.63) is 45.1 Å². The Morgan fingerprint density at radius 1 is 1.04 bits per heavy atom. The molecule has 7 nitrogen and oxygen atoms in total. The second-order valence-corrected chi connectivity index (χ2v) is 8.45. The van der Waals surface area contributed by atoms with Crippen LogP contribution in [0.15, 0.2) is 18.2 Å². The number of halogens is 2. The summed E-state index contributed by atoms with van der Waals surface area (Å²) < 4.78 is 35.2. The molecule has 3 rings (SSSR count). The van der Waals surface area contributed by atoms with Gasteiger partial charge >= 0.3 is 11.9 Å². The van der Waals surface area contributed by atoms with Crippen LogP contribution in [0, 0.1) is 0 Å². The first-order chi connectivity index (χ1) is 12.2. The molecule has 0 saturated carbocycles. The number of fused-ring (bicyclic) bond motifs is 1.